The molecule has 8 heteroatoms. The summed E-state index contributed by atoms with van der Waals surface area (Å²) in [5, 5.41) is 2.55. The first-order valence-corrected chi connectivity index (χ1v) is 7.18. The fraction of sp³-hybridized carbons (Fsp3) is 0.176. The summed E-state index contributed by atoms with van der Waals surface area (Å²) in [7, 11) is 2.96. The van der Waals surface area contributed by atoms with Gasteiger partial charge in [0.1, 0.15) is 17.3 Å². The molecule has 1 amide bonds. The van der Waals surface area contributed by atoms with Gasteiger partial charge in [0.05, 0.1) is 19.8 Å². The van der Waals surface area contributed by atoms with Crippen molar-refractivity contribution in [3.8, 4) is 11.5 Å². The third kappa shape index (κ3) is 4.84. The summed E-state index contributed by atoms with van der Waals surface area (Å²) >= 11 is 0. The Kier molecular flexibility index (Phi) is 5.78. The van der Waals surface area contributed by atoms with Crippen LogP contribution in [-0.2, 0) is 9.53 Å². The molecule has 2 aromatic rings. The van der Waals surface area contributed by atoms with E-state index in [0.717, 1.165) is 12.1 Å². The molecule has 0 spiro atoms. The molecule has 0 heterocycles. The number of methoxy groups -OCH3 is 2. The number of nitrogens with one attached hydrogen (secondary N) is 1. The van der Waals surface area contributed by atoms with Crippen molar-refractivity contribution in [3.63, 3.8) is 0 Å². The molecule has 3 N–H and O–H groups in total. The lowest BCUT2D eigenvalue weighted by atomic mass is 10.2. The summed E-state index contributed by atoms with van der Waals surface area (Å²) in [6.45, 7) is -0.533. The Morgan fingerprint density at radius 2 is 1.72 bits per heavy atom. The van der Waals surface area contributed by atoms with Crippen LogP contribution in [0.25, 0.3) is 0 Å². The maximum Gasteiger partial charge on any atom is 0.340 e. The lowest BCUT2D eigenvalue weighted by Gasteiger charge is -2.10. The molecule has 0 radical (unpaired) electrons. The van der Waals surface area contributed by atoms with Crippen molar-refractivity contribution in [2.45, 2.75) is 0 Å². The fourth-order valence-corrected chi connectivity index (χ4v) is 2.01. The molecule has 0 atom stereocenters. The maximum absolute atomic E-state index is 13.0. The molecular formula is C17H17FN2O5. The van der Waals surface area contributed by atoms with Gasteiger partial charge in [-0.15, -0.1) is 0 Å². The Bertz CT molecular complexity index is 772. The summed E-state index contributed by atoms with van der Waals surface area (Å²) in [5.41, 5.74) is 5.88. The highest BCUT2D eigenvalue weighted by atomic mass is 19.1. The Morgan fingerprint density at radius 3 is 2.28 bits per heavy atom. The van der Waals surface area contributed by atoms with Crippen LogP contribution in [0.15, 0.2) is 36.4 Å². The molecule has 0 aliphatic heterocycles. The Hall–Kier alpha value is -3.29. The van der Waals surface area contributed by atoms with Gasteiger partial charge in [-0.3, -0.25) is 4.79 Å². The van der Waals surface area contributed by atoms with Gasteiger partial charge in [0.25, 0.3) is 5.91 Å². The molecular weight excluding hydrogens is 331 g/mol. The molecule has 0 aromatic heterocycles. The second-order valence-corrected chi connectivity index (χ2v) is 4.96. The number of anilines is 2. The molecule has 0 bridgehead atoms. The number of esters is 1. The van der Waals surface area contributed by atoms with Crippen molar-refractivity contribution in [1.29, 1.82) is 0 Å². The molecule has 0 fully saturated rings. The van der Waals surface area contributed by atoms with Crippen LogP contribution in [0, 0.1) is 5.82 Å². The summed E-state index contributed by atoms with van der Waals surface area (Å²) in [4.78, 5) is 23.8. The Morgan fingerprint density at radius 1 is 1.08 bits per heavy atom. The van der Waals surface area contributed by atoms with E-state index in [0.29, 0.717) is 17.2 Å². The molecule has 2 aromatic carbocycles. The normalized spacial score (nSPS) is 10.0. The summed E-state index contributed by atoms with van der Waals surface area (Å²) in [5.74, 6) is -0.976. The lowest BCUT2D eigenvalue weighted by Crippen LogP contribution is -2.21. The minimum Gasteiger partial charge on any atom is -0.497 e. The van der Waals surface area contributed by atoms with Gasteiger partial charge in [0.15, 0.2) is 6.61 Å². The zero-order chi connectivity index (χ0) is 18.4. The number of ether oxygens (including phenoxy) is 3. The number of hydrogen-bond donors (Lipinski definition) is 2. The predicted octanol–water partition coefficient (Wildman–Crippen LogP) is 2.22. The molecule has 0 saturated carbocycles. The minimum atomic E-state index is -0.823. The monoisotopic (exact) mass is 348 g/mol. The van der Waals surface area contributed by atoms with Gasteiger partial charge < -0.3 is 25.3 Å². The van der Waals surface area contributed by atoms with Gasteiger partial charge in [-0.1, -0.05) is 0 Å². The van der Waals surface area contributed by atoms with Gasteiger partial charge in [0.2, 0.25) is 0 Å². The third-order valence-corrected chi connectivity index (χ3v) is 3.20. The number of carbonyl (C=O) groups is 2. The third-order valence-electron chi connectivity index (χ3n) is 3.20. The Labute approximate surface area is 143 Å². The van der Waals surface area contributed by atoms with E-state index in [4.69, 9.17) is 19.9 Å². The van der Waals surface area contributed by atoms with E-state index < -0.39 is 24.3 Å². The number of nitrogens with two attached hydrogens (primary N) is 1. The number of hydrogen-bond acceptors (Lipinski definition) is 6. The van der Waals surface area contributed by atoms with Crippen LogP contribution in [0.2, 0.25) is 0 Å². The van der Waals surface area contributed by atoms with Crippen LogP contribution in [0.3, 0.4) is 0 Å². The number of benzene rings is 2. The van der Waals surface area contributed by atoms with Crippen molar-refractivity contribution in [1.82, 2.24) is 0 Å². The number of amides is 1. The standard InChI is InChI=1S/C17H17FN2O5/c1-23-12-6-11(7-13(8-12)24-2)20-16(21)9-25-17(22)14-4-3-10(18)5-15(14)19/h3-8H,9,19H2,1-2H3,(H,20,21). The lowest BCUT2D eigenvalue weighted by molar-refractivity contribution is -0.119. The average Bonchev–Trinajstić information content (AvgIpc) is 2.59. The predicted molar refractivity (Wildman–Crippen MR) is 89.3 cm³/mol. The van der Waals surface area contributed by atoms with E-state index in [9.17, 15) is 14.0 Å². The molecule has 0 unspecified atom stereocenters. The number of nitrogen functional groups attached to an aromatic ring is 1. The highest BCUT2D eigenvalue weighted by Crippen LogP contribution is 2.25. The average molecular weight is 348 g/mol. The number of carbonyl (C=O) groups excluding carboxylic acids is 2. The molecule has 0 aliphatic carbocycles. The van der Waals surface area contributed by atoms with E-state index in [1.165, 1.54) is 20.3 Å². The van der Waals surface area contributed by atoms with Crippen LogP contribution in [0.1, 0.15) is 10.4 Å². The van der Waals surface area contributed by atoms with Gasteiger partial charge in [-0.05, 0) is 18.2 Å². The van der Waals surface area contributed by atoms with Crippen LogP contribution in [0.5, 0.6) is 11.5 Å². The van der Waals surface area contributed by atoms with E-state index in [-0.39, 0.29) is 11.3 Å². The molecule has 0 aliphatic rings. The van der Waals surface area contributed by atoms with Crippen molar-refractivity contribution in [2.24, 2.45) is 0 Å². The van der Waals surface area contributed by atoms with Crippen LogP contribution >= 0.6 is 0 Å². The molecule has 2 rings (SSSR count). The first kappa shape index (κ1) is 18.1. The van der Waals surface area contributed by atoms with E-state index in [1.807, 2.05) is 0 Å². The highest BCUT2D eigenvalue weighted by Gasteiger charge is 2.14. The smallest absolute Gasteiger partial charge is 0.340 e. The van der Waals surface area contributed by atoms with E-state index in [2.05, 4.69) is 5.32 Å². The first-order chi connectivity index (χ1) is 11.9. The van der Waals surface area contributed by atoms with Crippen LogP contribution < -0.4 is 20.5 Å². The number of halogens is 1. The van der Waals surface area contributed by atoms with E-state index >= 15 is 0 Å². The van der Waals surface area contributed by atoms with Gasteiger partial charge in [-0.2, -0.15) is 0 Å². The quantitative estimate of drug-likeness (QED) is 0.613. The van der Waals surface area contributed by atoms with Crippen molar-refractivity contribution in [3.05, 3.63) is 47.8 Å². The fourth-order valence-electron chi connectivity index (χ4n) is 2.01. The minimum absolute atomic E-state index is 0.0164. The van der Waals surface area contributed by atoms with Crippen LogP contribution in [-0.4, -0.2) is 32.7 Å². The summed E-state index contributed by atoms with van der Waals surface area (Å²) < 4.78 is 28.0. The topological polar surface area (TPSA) is 99.9 Å². The number of rotatable bonds is 6. The molecule has 132 valence electrons. The second kappa shape index (κ2) is 8.00. The SMILES string of the molecule is COc1cc(NC(=O)COC(=O)c2ccc(F)cc2N)cc(OC)c1. The largest absolute Gasteiger partial charge is 0.497 e. The van der Waals surface area contributed by atoms with Gasteiger partial charge >= 0.3 is 5.97 Å². The second-order valence-electron chi connectivity index (χ2n) is 4.96. The zero-order valence-corrected chi connectivity index (χ0v) is 13.7. The summed E-state index contributed by atoms with van der Waals surface area (Å²) in [6, 6.07) is 8.08. The van der Waals surface area contributed by atoms with Crippen molar-refractivity contribution < 1.29 is 28.2 Å². The van der Waals surface area contributed by atoms with Crippen molar-refractivity contribution >= 4 is 23.3 Å². The summed E-state index contributed by atoms with van der Waals surface area (Å²) in [6.07, 6.45) is 0. The van der Waals surface area contributed by atoms with Gasteiger partial charge in [0, 0.05) is 29.6 Å². The van der Waals surface area contributed by atoms with E-state index in [1.54, 1.807) is 18.2 Å². The molecule has 0 saturated heterocycles. The van der Waals surface area contributed by atoms with Crippen molar-refractivity contribution in [2.75, 3.05) is 31.9 Å². The zero-order valence-electron chi connectivity index (χ0n) is 13.7. The molecule has 25 heavy (non-hydrogen) atoms. The Balaban J connectivity index is 1.97. The molecule has 7 nitrogen and oxygen atoms in total. The first-order valence-electron chi connectivity index (χ1n) is 7.18. The van der Waals surface area contributed by atoms with Gasteiger partial charge in [-0.25, -0.2) is 9.18 Å². The maximum atomic E-state index is 13.0. The highest BCUT2D eigenvalue weighted by molar-refractivity contribution is 5.98. The van der Waals surface area contributed by atoms with Crippen LogP contribution in [0.4, 0.5) is 15.8 Å².